The second-order valence-electron chi connectivity index (χ2n) is 5.22. The predicted octanol–water partition coefficient (Wildman–Crippen LogP) is 1.61. The van der Waals surface area contributed by atoms with Crippen molar-refractivity contribution in [3.8, 4) is 0 Å². The van der Waals surface area contributed by atoms with Crippen LogP contribution in [0, 0.1) is 5.92 Å². The number of carbonyl (C=O) groups is 1. The normalized spacial score (nSPS) is 24.3. The fourth-order valence-electron chi connectivity index (χ4n) is 2.70. The van der Waals surface area contributed by atoms with E-state index in [1.54, 1.807) is 0 Å². The van der Waals surface area contributed by atoms with Crippen molar-refractivity contribution >= 4 is 5.97 Å². The van der Waals surface area contributed by atoms with E-state index >= 15 is 0 Å². The zero-order valence-electron chi connectivity index (χ0n) is 11.0. The number of nitrogens with one attached hydrogen (secondary N) is 1. The van der Waals surface area contributed by atoms with Gasteiger partial charge in [-0.25, -0.2) is 0 Å². The van der Waals surface area contributed by atoms with Gasteiger partial charge in [-0.05, 0) is 24.3 Å². The Morgan fingerprint density at radius 1 is 1.32 bits per heavy atom. The lowest BCUT2D eigenvalue weighted by Gasteiger charge is -2.18. The molecule has 0 aliphatic heterocycles. The molecule has 4 nitrogen and oxygen atoms in total. The highest BCUT2D eigenvalue weighted by Gasteiger charge is 2.25. The second-order valence-corrected chi connectivity index (χ2v) is 5.22. The molecule has 1 saturated carbocycles. The van der Waals surface area contributed by atoms with Gasteiger partial charge in [0, 0.05) is 13.1 Å². The molecule has 3 N–H and O–H groups in total. The minimum atomic E-state index is -0.814. The third-order valence-electron chi connectivity index (χ3n) is 3.87. The van der Waals surface area contributed by atoms with E-state index in [2.05, 4.69) is 5.32 Å². The minimum absolute atomic E-state index is 0.229. The molecule has 104 valence electrons. The van der Waals surface area contributed by atoms with E-state index in [-0.39, 0.29) is 12.0 Å². The van der Waals surface area contributed by atoms with Crippen LogP contribution < -0.4 is 5.32 Å². The van der Waals surface area contributed by atoms with E-state index < -0.39 is 11.9 Å². The van der Waals surface area contributed by atoms with E-state index in [1.807, 2.05) is 30.3 Å². The first-order valence-corrected chi connectivity index (χ1v) is 6.85. The van der Waals surface area contributed by atoms with Crippen LogP contribution in [0.1, 0.15) is 30.7 Å². The highest BCUT2D eigenvalue weighted by atomic mass is 16.4. The van der Waals surface area contributed by atoms with Crippen molar-refractivity contribution in [2.75, 3.05) is 13.1 Å². The molecule has 1 fully saturated rings. The van der Waals surface area contributed by atoms with Crippen LogP contribution in [0.15, 0.2) is 30.3 Å². The molecule has 19 heavy (non-hydrogen) atoms. The summed E-state index contributed by atoms with van der Waals surface area (Å²) in [5, 5.41) is 22.2. The molecule has 1 aliphatic carbocycles. The Morgan fingerprint density at radius 3 is 2.63 bits per heavy atom. The number of carboxylic acid groups (broad SMARTS) is 1. The van der Waals surface area contributed by atoms with Gasteiger partial charge in [-0.15, -0.1) is 0 Å². The molecule has 0 radical (unpaired) electrons. The number of hydrogen-bond donors (Lipinski definition) is 3. The first-order valence-electron chi connectivity index (χ1n) is 6.85. The van der Waals surface area contributed by atoms with Gasteiger partial charge in [0.25, 0.3) is 0 Å². The largest absolute Gasteiger partial charge is 0.481 e. The maximum atomic E-state index is 11.3. The lowest BCUT2D eigenvalue weighted by molar-refractivity contribution is -0.138. The van der Waals surface area contributed by atoms with Crippen LogP contribution in [0.3, 0.4) is 0 Å². The van der Waals surface area contributed by atoms with Crippen molar-refractivity contribution in [1.82, 2.24) is 5.32 Å². The first kappa shape index (κ1) is 14.0. The van der Waals surface area contributed by atoms with Gasteiger partial charge in [-0.1, -0.05) is 36.8 Å². The van der Waals surface area contributed by atoms with Gasteiger partial charge in [0.2, 0.25) is 0 Å². The summed E-state index contributed by atoms with van der Waals surface area (Å²) < 4.78 is 0. The summed E-state index contributed by atoms with van der Waals surface area (Å²) in [4.78, 5) is 11.3. The van der Waals surface area contributed by atoms with Gasteiger partial charge in [-0.2, -0.15) is 0 Å². The lowest BCUT2D eigenvalue weighted by Crippen LogP contribution is -2.33. The summed E-state index contributed by atoms with van der Waals surface area (Å²) in [5.74, 6) is -1.07. The number of rotatable bonds is 6. The molecule has 4 heteroatoms. The zero-order valence-corrected chi connectivity index (χ0v) is 11.0. The van der Waals surface area contributed by atoms with E-state index in [1.165, 1.54) is 0 Å². The van der Waals surface area contributed by atoms with E-state index in [9.17, 15) is 15.0 Å². The van der Waals surface area contributed by atoms with Gasteiger partial charge >= 0.3 is 5.97 Å². The van der Waals surface area contributed by atoms with Crippen LogP contribution in [0.25, 0.3) is 0 Å². The smallest absolute Gasteiger partial charge is 0.312 e. The summed E-state index contributed by atoms with van der Waals surface area (Å²) in [5.41, 5.74) is 0.814. The van der Waals surface area contributed by atoms with Gasteiger partial charge in [0.1, 0.15) is 0 Å². The Kier molecular flexibility index (Phi) is 4.93. The summed E-state index contributed by atoms with van der Waals surface area (Å²) in [6, 6.07) is 9.26. The van der Waals surface area contributed by atoms with Crippen molar-refractivity contribution in [1.29, 1.82) is 0 Å². The van der Waals surface area contributed by atoms with Crippen molar-refractivity contribution in [2.24, 2.45) is 5.92 Å². The highest BCUT2D eigenvalue weighted by molar-refractivity contribution is 5.76. The van der Waals surface area contributed by atoms with Crippen molar-refractivity contribution in [3.63, 3.8) is 0 Å². The Morgan fingerprint density at radius 2 is 2.05 bits per heavy atom. The third kappa shape index (κ3) is 3.78. The summed E-state index contributed by atoms with van der Waals surface area (Å²) in [6.45, 7) is 1.10. The Balaban J connectivity index is 1.86. The van der Waals surface area contributed by atoms with Crippen LogP contribution in [0.4, 0.5) is 0 Å². The minimum Gasteiger partial charge on any atom is -0.481 e. The maximum Gasteiger partial charge on any atom is 0.312 e. The maximum absolute atomic E-state index is 11.3. The Labute approximate surface area is 113 Å². The molecule has 0 saturated heterocycles. The monoisotopic (exact) mass is 263 g/mol. The van der Waals surface area contributed by atoms with E-state index in [0.717, 1.165) is 24.8 Å². The standard InChI is InChI=1S/C15H21NO3/c17-14-8-4-7-12(14)9-16-10-13(15(18)19)11-5-2-1-3-6-11/h1-3,5-6,12-14,16-17H,4,7-10H2,(H,18,19). The van der Waals surface area contributed by atoms with Crippen LogP contribution in [0.2, 0.25) is 0 Å². The van der Waals surface area contributed by atoms with Gasteiger partial charge in [0.05, 0.1) is 12.0 Å². The molecule has 0 aromatic heterocycles. The van der Waals surface area contributed by atoms with Gasteiger partial charge in [0.15, 0.2) is 0 Å². The zero-order chi connectivity index (χ0) is 13.7. The second kappa shape index (κ2) is 6.68. The molecule has 2 rings (SSSR count). The molecule has 0 spiro atoms. The average Bonchev–Trinajstić information content (AvgIpc) is 2.81. The highest BCUT2D eigenvalue weighted by Crippen LogP contribution is 2.25. The van der Waals surface area contributed by atoms with Gasteiger partial charge in [-0.3, -0.25) is 4.79 Å². The molecule has 0 heterocycles. The topological polar surface area (TPSA) is 69.6 Å². The number of carboxylic acids is 1. The molecular formula is C15H21NO3. The quantitative estimate of drug-likeness (QED) is 0.729. The van der Waals surface area contributed by atoms with Crippen molar-refractivity contribution in [3.05, 3.63) is 35.9 Å². The molecule has 1 aliphatic rings. The molecule has 1 aromatic rings. The molecule has 0 amide bonds. The SMILES string of the molecule is O=C(O)C(CNCC1CCCC1O)c1ccccc1. The van der Waals surface area contributed by atoms with Crippen LogP contribution in [-0.2, 0) is 4.79 Å². The lowest BCUT2D eigenvalue weighted by atomic mass is 9.98. The number of aliphatic hydroxyl groups excluding tert-OH is 1. The molecule has 1 aromatic carbocycles. The number of hydrogen-bond acceptors (Lipinski definition) is 3. The summed E-state index contributed by atoms with van der Waals surface area (Å²) in [7, 11) is 0. The fourth-order valence-corrected chi connectivity index (χ4v) is 2.70. The molecule has 0 bridgehead atoms. The van der Waals surface area contributed by atoms with Crippen molar-refractivity contribution in [2.45, 2.75) is 31.3 Å². The van der Waals surface area contributed by atoms with Crippen LogP contribution >= 0.6 is 0 Å². The average molecular weight is 263 g/mol. The molecular weight excluding hydrogens is 242 g/mol. The fraction of sp³-hybridized carbons (Fsp3) is 0.533. The summed E-state index contributed by atoms with van der Waals surface area (Å²) in [6.07, 6.45) is 2.73. The Bertz CT molecular complexity index is 407. The van der Waals surface area contributed by atoms with Crippen LogP contribution in [0.5, 0.6) is 0 Å². The van der Waals surface area contributed by atoms with Crippen molar-refractivity contribution < 1.29 is 15.0 Å². The van der Waals surface area contributed by atoms with Crippen LogP contribution in [-0.4, -0.2) is 35.4 Å². The number of aliphatic carboxylic acids is 1. The van der Waals surface area contributed by atoms with E-state index in [4.69, 9.17) is 0 Å². The van der Waals surface area contributed by atoms with E-state index in [0.29, 0.717) is 13.1 Å². The van der Waals surface area contributed by atoms with Gasteiger partial charge < -0.3 is 15.5 Å². The third-order valence-corrected chi connectivity index (χ3v) is 3.87. The first-order chi connectivity index (χ1) is 9.18. The number of benzene rings is 1. The number of aliphatic hydroxyl groups is 1. The molecule has 3 unspecified atom stereocenters. The molecule has 3 atom stereocenters. The Hall–Kier alpha value is -1.39. The predicted molar refractivity (Wildman–Crippen MR) is 73.0 cm³/mol. The summed E-state index contributed by atoms with van der Waals surface area (Å²) >= 11 is 0.